The number of nitrogens with two attached hydrogens (primary N) is 1. The van der Waals surface area contributed by atoms with Gasteiger partial charge >= 0.3 is 5.97 Å². The lowest BCUT2D eigenvalue weighted by molar-refractivity contribution is -0.141. The first-order valence-electron chi connectivity index (χ1n) is 6.90. The van der Waals surface area contributed by atoms with Crippen LogP contribution in [-0.4, -0.2) is 36.7 Å². The van der Waals surface area contributed by atoms with Gasteiger partial charge in [-0.15, -0.1) is 0 Å². The van der Waals surface area contributed by atoms with Crippen molar-refractivity contribution in [2.24, 2.45) is 17.1 Å². The number of nitrogens with one attached hydrogen (secondary N) is 1. The van der Waals surface area contributed by atoms with E-state index in [1.54, 1.807) is 31.4 Å². The maximum atomic E-state index is 12.0. The molecule has 0 bridgehead atoms. The van der Waals surface area contributed by atoms with Crippen LogP contribution in [0.2, 0.25) is 0 Å². The second-order valence-corrected chi connectivity index (χ2v) is 5.80. The van der Waals surface area contributed by atoms with Crippen molar-refractivity contribution in [1.29, 1.82) is 0 Å². The minimum absolute atomic E-state index is 0.193. The number of carboxylic acids is 1. The van der Waals surface area contributed by atoms with Crippen molar-refractivity contribution in [3.05, 3.63) is 29.8 Å². The van der Waals surface area contributed by atoms with Gasteiger partial charge in [-0.2, -0.15) is 0 Å². The van der Waals surface area contributed by atoms with Crippen LogP contribution in [0.4, 0.5) is 0 Å². The molecule has 0 spiro atoms. The average molecular weight is 290 g/mol. The van der Waals surface area contributed by atoms with Crippen LogP contribution in [0.15, 0.2) is 24.3 Å². The Kier molecular flexibility index (Phi) is 3.13. The summed E-state index contributed by atoms with van der Waals surface area (Å²) in [6, 6.07) is 6.38. The fourth-order valence-corrected chi connectivity index (χ4v) is 3.81. The second kappa shape index (κ2) is 4.73. The van der Waals surface area contributed by atoms with Gasteiger partial charge in [-0.1, -0.05) is 12.1 Å². The number of primary amides is 1. The molecule has 2 fully saturated rings. The normalized spacial score (nSPS) is 31.3. The molecule has 1 saturated heterocycles. The summed E-state index contributed by atoms with van der Waals surface area (Å²) in [4.78, 5) is 23.5. The molecular weight excluding hydrogens is 272 g/mol. The highest BCUT2D eigenvalue weighted by Crippen LogP contribution is 2.65. The maximum absolute atomic E-state index is 12.0. The average Bonchev–Trinajstić information content (AvgIpc) is 3.03. The molecule has 1 aromatic rings. The van der Waals surface area contributed by atoms with Gasteiger partial charge in [0.15, 0.2) is 0 Å². The van der Waals surface area contributed by atoms with E-state index in [1.807, 2.05) is 0 Å². The standard InChI is InChI=1S/C15H18N2O4/c1-21-10-4-2-8(3-5-10)11(13(16)18)15-6-9(15)7-17-12(15)14(19)20/h2-5,9,11-12,17H,6-7H2,1H3,(H2,16,18)(H,19,20)/t9-,11?,12+,15+/m0/s1. The minimum Gasteiger partial charge on any atom is -0.497 e. The number of carbonyl (C=O) groups excluding carboxylic acids is 1. The molecule has 4 N–H and O–H groups in total. The smallest absolute Gasteiger partial charge is 0.321 e. The molecule has 1 saturated carbocycles. The predicted molar refractivity (Wildman–Crippen MR) is 74.9 cm³/mol. The minimum atomic E-state index is -0.922. The van der Waals surface area contributed by atoms with E-state index < -0.39 is 29.3 Å². The van der Waals surface area contributed by atoms with Crippen molar-refractivity contribution >= 4 is 11.9 Å². The molecule has 0 aromatic heterocycles. The van der Waals surface area contributed by atoms with Crippen LogP contribution in [-0.2, 0) is 9.59 Å². The van der Waals surface area contributed by atoms with Gasteiger partial charge in [0.05, 0.1) is 13.0 Å². The summed E-state index contributed by atoms with van der Waals surface area (Å²) in [7, 11) is 1.57. The molecule has 21 heavy (non-hydrogen) atoms. The highest BCUT2D eigenvalue weighted by Gasteiger charge is 2.70. The topological polar surface area (TPSA) is 102 Å². The number of carbonyl (C=O) groups is 2. The molecule has 1 heterocycles. The van der Waals surface area contributed by atoms with E-state index in [1.165, 1.54) is 0 Å². The molecule has 3 rings (SSSR count). The fourth-order valence-electron chi connectivity index (χ4n) is 3.81. The van der Waals surface area contributed by atoms with E-state index in [2.05, 4.69) is 5.32 Å². The van der Waals surface area contributed by atoms with E-state index in [-0.39, 0.29) is 5.92 Å². The molecule has 6 nitrogen and oxygen atoms in total. The zero-order valence-electron chi connectivity index (χ0n) is 11.7. The molecular formula is C15H18N2O4. The van der Waals surface area contributed by atoms with Crippen LogP contribution in [0.1, 0.15) is 17.9 Å². The number of ether oxygens (including phenoxy) is 1. The van der Waals surface area contributed by atoms with Crippen molar-refractivity contribution in [3.63, 3.8) is 0 Å². The Morgan fingerprint density at radius 2 is 2.10 bits per heavy atom. The molecule has 1 amide bonds. The van der Waals surface area contributed by atoms with E-state index in [4.69, 9.17) is 10.5 Å². The third kappa shape index (κ3) is 1.98. The van der Waals surface area contributed by atoms with Crippen LogP contribution < -0.4 is 15.8 Å². The van der Waals surface area contributed by atoms with Crippen molar-refractivity contribution in [2.75, 3.05) is 13.7 Å². The summed E-state index contributed by atoms with van der Waals surface area (Å²) >= 11 is 0. The molecule has 0 radical (unpaired) electrons. The molecule has 1 aromatic carbocycles. The summed E-state index contributed by atoms with van der Waals surface area (Å²) in [5, 5.41) is 12.4. The molecule has 1 aliphatic carbocycles. The number of hydrogen-bond donors (Lipinski definition) is 3. The first-order chi connectivity index (χ1) is 10.0. The van der Waals surface area contributed by atoms with Gasteiger partial charge in [0.2, 0.25) is 5.91 Å². The summed E-state index contributed by atoms with van der Waals surface area (Å²) < 4.78 is 5.11. The first-order valence-corrected chi connectivity index (χ1v) is 6.90. The number of piperidine rings is 1. The molecule has 112 valence electrons. The van der Waals surface area contributed by atoms with Crippen molar-refractivity contribution in [2.45, 2.75) is 18.4 Å². The highest BCUT2D eigenvalue weighted by atomic mass is 16.5. The van der Waals surface area contributed by atoms with Crippen molar-refractivity contribution in [1.82, 2.24) is 5.32 Å². The van der Waals surface area contributed by atoms with Crippen LogP contribution in [0.3, 0.4) is 0 Å². The molecule has 4 atom stereocenters. The van der Waals surface area contributed by atoms with Crippen LogP contribution in [0.25, 0.3) is 0 Å². The fraction of sp³-hybridized carbons (Fsp3) is 0.467. The van der Waals surface area contributed by atoms with Gasteiger partial charge in [0, 0.05) is 5.41 Å². The summed E-state index contributed by atoms with van der Waals surface area (Å²) in [5.74, 6) is -1.11. The highest BCUT2D eigenvalue weighted by molar-refractivity contribution is 5.87. The SMILES string of the molecule is COc1ccc(C(C(N)=O)[C@@]23C[C@H]2CN[C@@H]3C(=O)O)cc1. The summed E-state index contributed by atoms with van der Waals surface area (Å²) in [6.45, 7) is 0.622. The van der Waals surface area contributed by atoms with Gasteiger partial charge < -0.3 is 20.9 Å². The van der Waals surface area contributed by atoms with E-state index in [0.29, 0.717) is 12.3 Å². The summed E-state index contributed by atoms with van der Waals surface area (Å²) in [5.41, 5.74) is 5.76. The van der Waals surface area contributed by atoms with Gasteiger partial charge in [0.1, 0.15) is 11.8 Å². The number of methoxy groups -OCH3 is 1. The Bertz CT molecular complexity index is 586. The number of amides is 1. The van der Waals surface area contributed by atoms with Crippen molar-refractivity contribution in [3.8, 4) is 5.75 Å². The van der Waals surface area contributed by atoms with E-state index >= 15 is 0 Å². The number of fused-ring (bicyclic) bond motifs is 1. The molecule has 2 aliphatic rings. The monoisotopic (exact) mass is 290 g/mol. The predicted octanol–water partition coefficient (Wildman–Crippen LogP) is 0.327. The Labute approximate surface area is 122 Å². The van der Waals surface area contributed by atoms with Gasteiger partial charge in [-0.3, -0.25) is 9.59 Å². The van der Waals surface area contributed by atoms with Gasteiger partial charge in [0.25, 0.3) is 0 Å². The zero-order valence-corrected chi connectivity index (χ0v) is 11.7. The largest absolute Gasteiger partial charge is 0.497 e. The van der Waals surface area contributed by atoms with Crippen molar-refractivity contribution < 1.29 is 19.4 Å². The molecule has 1 aliphatic heterocycles. The number of carboxylic acid groups (broad SMARTS) is 1. The number of rotatable bonds is 5. The Morgan fingerprint density at radius 1 is 1.43 bits per heavy atom. The zero-order chi connectivity index (χ0) is 15.2. The maximum Gasteiger partial charge on any atom is 0.321 e. The number of aliphatic carboxylic acids is 1. The molecule has 1 unspecified atom stereocenters. The lowest BCUT2D eigenvalue weighted by Gasteiger charge is -2.27. The lowest BCUT2D eigenvalue weighted by atomic mass is 9.77. The van der Waals surface area contributed by atoms with Gasteiger partial charge in [-0.05, 0) is 36.6 Å². The van der Waals surface area contributed by atoms with E-state index in [0.717, 1.165) is 12.0 Å². The van der Waals surface area contributed by atoms with Crippen LogP contribution in [0, 0.1) is 11.3 Å². The summed E-state index contributed by atoms with van der Waals surface area (Å²) in [6.07, 6.45) is 0.719. The molecule has 6 heteroatoms. The Hall–Kier alpha value is -2.08. The third-order valence-electron chi connectivity index (χ3n) is 4.82. The third-order valence-corrected chi connectivity index (χ3v) is 4.82. The lowest BCUT2D eigenvalue weighted by Crippen LogP contribution is -2.45. The van der Waals surface area contributed by atoms with Gasteiger partial charge in [-0.25, -0.2) is 0 Å². The Balaban J connectivity index is 1.99. The van der Waals surface area contributed by atoms with Crippen LogP contribution in [0.5, 0.6) is 5.75 Å². The first kappa shape index (κ1) is 13.9. The Morgan fingerprint density at radius 3 is 2.57 bits per heavy atom. The quantitative estimate of drug-likeness (QED) is 0.725. The van der Waals surface area contributed by atoms with E-state index in [9.17, 15) is 14.7 Å². The number of hydrogen-bond acceptors (Lipinski definition) is 4. The number of benzene rings is 1. The van der Waals surface area contributed by atoms with Crippen LogP contribution >= 0.6 is 0 Å². The second-order valence-electron chi connectivity index (χ2n) is 5.80.